The third-order valence-corrected chi connectivity index (χ3v) is 6.85. The molecule has 1 aliphatic heterocycles. The summed E-state index contributed by atoms with van der Waals surface area (Å²) >= 11 is 6.36. The van der Waals surface area contributed by atoms with Crippen LogP contribution in [0.3, 0.4) is 0 Å². The summed E-state index contributed by atoms with van der Waals surface area (Å²) < 4.78 is 16.3. The highest BCUT2D eigenvalue weighted by atomic mass is 35.5. The maximum atomic E-state index is 13.5. The lowest BCUT2D eigenvalue weighted by atomic mass is 9.94. The maximum Gasteiger partial charge on any atom is 0.295 e. The molecule has 1 saturated heterocycles. The second-order valence-corrected chi connectivity index (χ2v) is 9.59. The van der Waals surface area contributed by atoms with E-state index in [0.29, 0.717) is 23.7 Å². The van der Waals surface area contributed by atoms with Crippen molar-refractivity contribution in [3.63, 3.8) is 0 Å². The average molecular weight is 551 g/mol. The van der Waals surface area contributed by atoms with Gasteiger partial charge in [-0.25, -0.2) is 0 Å². The van der Waals surface area contributed by atoms with Crippen LogP contribution in [0.4, 0.5) is 5.69 Å². The van der Waals surface area contributed by atoms with Crippen LogP contribution in [0.15, 0.2) is 66.2 Å². The van der Waals surface area contributed by atoms with Gasteiger partial charge in [-0.2, -0.15) is 0 Å². The number of likely N-dealkylation sites (tertiary alicyclic amines) is 1. The van der Waals surface area contributed by atoms with Crippen LogP contribution in [0.1, 0.15) is 29.7 Å². The van der Waals surface area contributed by atoms with Crippen molar-refractivity contribution >= 4 is 34.7 Å². The first-order chi connectivity index (χ1) is 18.7. The zero-order chi connectivity index (χ0) is 28.3. The fraction of sp³-hybridized carbons (Fsp3) is 0.267. The summed E-state index contributed by atoms with van der Waals surface area (Å²) in [6, 6.07) is 17.0. The summed E-state index contributed by atoms with van der Waals surface area (Å²) in [6.45, 7) is 2.52. The normalized spacial score (nSPS) is 16.4. The van der Waals surface area contributed by atoms with Gasteiger partial charge in [-0.1, -0.05) is 35.9 Å². The van der Waals surface area contributed by atoms with Crippen LogP contribution in [-0.2, 0) is 16.1 Å². The number of amides is 1. The molecule has 3 aromatic carbocycles. The predicted octanol–water partition coefficient (Wildman–Crippen LogP) is 5.44. The van der Waals surface area contributed by atoms with E-state index in [1.165, 1.54) is 31.3 Å². The van der Waals surface area contributed by atoms with Crippen LogP contribution >= 0.6 is 11.6 Å². The Labute approximate surface area is 233 Å². The topological polar surface area (TPSA) is 88.5 Å². The molecule has 1 unspecified atom stereocenters. The minimum atomic E-state index is -0.859. The van der Waals surface area contributed by atoms with Gasteiger partial charge < -0.3 is 29.1 Å². The van der Waals surface area contributed by atoms with E-state index in [1.807, 2.05) is 74.4 Å². The molecule has 1 aliphatic rings. The summed E-state index contributed by atoms with van der Waals surface area (Å²) in [7, 11) is 6.74. The number of carbonyl (C=O) groups excluding carboxylic acids is 2. The molecule has 0 aromatic heterocycles. The number of carbonyl (C=O) groups is 2. The lowest BCUT2D eigenvalue weighted by Crippen LogP contribution is -2.29. The SMILES string of the molecule is CCOc1cccc(CN2C(=O)C(=O)/C(=C(/O)c3cc(Cl)c(OC)cc3OC)C2c2ccc(N(C)C)cc2)c1. The Kier molecular flexibility index (Phi) is 8.35. The number of aliphatic hydroxyl groups excluding tert-OH is 1. The minimum Gasteiger partial charge on any atom is -0.507 e. The van der Waals surface area contributed by atoms with Gasteiger partial charge >= 0.3 is 0 Å². The van der Waals surface area contributed by atoms with E-state index < -0.39 is 17.7 Å². The Bertz CT molecular complexity index is 1420. The third-order valence-electron chi connectivity index (χ3n) is 6.56. The Hall–Kier alpha value is -4.17. The number of ketones is 1. The summed E-state index contributed by atoms with van der Waals surface area (Å²) in [5.74, 6) is -0.664. The van der Waals surface area contributed by atoms with Gasteiger partial charge in [0, 0.05) is 32.4 Å². The lowest BCUT2D eigenvalue weighted by molar-refractivity contribution is -0.140. The van der Waals surface area contributed by atoms with Gasteiger partial charge in [-0.05, 0) is 48.4 Å². The second kappa shape index (κ2) is 11.7. The number of benzene rings is 3. The summed E-state index contributed by atoms with van der Waals surface area (Å²) in [4.78, 5) is 30.4. The molecule has 1 atom stereocenters. The fourth-order valence-corrected chi connectivity index (χ4v) is 4.87. The molecule has 39 heavy (non-hydrogen) atoms. The van der Waals surface area contributed by atoms with Crippen LogP contribution in [-0.4, -0.2) is 56.6 Å². The molecule has 0 radical (unpaired) electrons. The Balaban J connectivity index is 1.89. The fourth-order valence-electron chi connectivity index (χ4n) is 4.63. The van der Waals surface area contributed by atoms with Crippen LogP contribution in [0, 0.1) is 0 Å². The zero-order valence-corrected chi connectivity index (χ0v) is 23.3. The highest BCUT2D eigenvalue weighted by Gasteiger charge is 2.46. The molecule has 0 saturated carbocycles. The van der Waals surface area contributed by atoms with E-state index in [1.54, 1.807) is 0 Å². The van der Waals surface area contributed by atoms with Gasteiger partial charge in [-0.15, -0.1) is 0 Å². The quantitative estimate of drug-likeness (QED) is 0.215. The van der Waals surface area contributed by atoms with Crippen molar-refractivity contribution in [2.45, 2.75) is 19.5 Å². The molecule has 3 aromatic rings. The van der Waals surface area contributed by atoms with Crippen LogP contribution in [0.2, 0.25) is 5.02 Å². The average Bonchev–Trinajstić information content (AvgIpc) is 3.17. The molecule has 0 spiro atoms. The molecular formula is C30H31ClN2O6. The summed E-state index contributed by atoms with van der Waals surface area (Å²) in [5.41, 5.74) is 2.51. The van der Waals surface area contributed by atoms with E-state index in [4.69, 9.17) is 25.8 Å². The first kappa shape index (κ1) is 27.9. The number of halogens is 1. The van der Waals surface area contributed by atoms with Crippen molar-refractivity contribution in [2.75, 3.05) is 39.8 Å². The molecule has 4 rings (SSSR count). The van der Waals surface area contributed by atoms with Gasteiger partial charge in [0.1, 0.15) is 23.0 Å². The molecule has 1 fully saturated rings. The zero-order valence-electron chi connectivity index (χ0n) is 22.5. The van der Waals surface area contributed by atoms with E-state index in [-0.39, 0.29) is 34.2 Å². The molecule has 0 bridgehead atoms. The number of aliphatic hydroxyl groups is 1. The van der Waals surface area contributed by atoms with E-state index in [0.717, 1.165) is 11.3 Å². The van der Waals surface area contributed by atoms with Gasteiger partial charge in [0.2, 0.25) is 0 Å². The highest BCUT2D eigenvalue weighted by Crippen LogP contribution is 2.44. The monoisotopic (exact) mass is 550 g/mol. The molecule has 9 heteroatoms. The Morgan fingerprint density at radius 3 is 2.31 bits per heavy atom. The van der Waals surface area contributed by atoms with E-state index in [9.17, 15) is 14.7 Å². The number of anilines is 1. The molecular weight excluding hydrogens is 520 g/mol. The molecule has 0 aliphatic carbocycles. The highest BCUT2D eigenvalue weighted by molar-refractivity contribution is 6.46. The smallest absolute Gasteiger partial charge is 0.295 e. The Morgan fingerprint density at radius 2 is 1.69 bits per heavy atom. The standard InChI is InChI=1S/C30H31ClN2O6/c1-6-39-21-9-7-8-18(14-21)17-33-27(19-10-12-20(13-11-19)32(2)3)26(29(35)30(33)36)28(34)22-15-23(31)25(38-5)16-24(22)37-4/h7-16,27,34H,6,17H2,1-5H3/b28-26+. The number of rotatable bonds is 9. The van der Waals surface area contributed by atoms with E-state index >= 15 is 0 Å². The number of hydrogen-bond donors (Lipinski definition) is 1. The molecule has 1 N–H and O–H groups in total. The van der Waals surface area contributed by atoms with Crippen LogP contribution < -0.4 is 19.1 Å². The van der Waals surface area contributed by atoms with Gasteiger partial charge in [0.15, 0.2) is 0 Å². The third kappa shape index (κ3) is 5.52. The molecule has 204 valence electrons. The number of Topliss-reactive ketones (excluding diaryl/α,β-unsaturated/α-hetero) is 1. The molecule has 1 heterocycles. The number of ether oxygens (including phenoxy) is 3. The predicted molar refractivity (Wildman–Crippen MR) is 151 cm³/mol. The van der Waals surface area contributed by atoms with Gasteiger partial charge in [0.25, 0.3) is 11.7 Å². The van der Waals surface area contributed by atoms with Crippen molar-refractivity contribution in [1.29, 1.82) is 0 Å². The second-order valence-electron chi connectivity index (χ2n) is 9.18. The van der Waals surface area contributed by atoms with Gasteiger partial charge in [-0.3, -0.25) is 9.59 Å². The van der Waals surface area contributed by atoms with E-state index in [2.05, 4.69) is 0 Å². The first-order valence-corrected chi connectivity index (χ1v) is 12.8. The Morgan fingerprint density at radius 1 is 1.00 bits per heavy atom. The summed E-state index contributed by atoms with van der Waals surface area (Å²) in [5, 5.41) is 11.8. The summed E-state index contributed by atoms with van der Waals surface area (Å²) in [6.07, 6.45) is 0. The van der Waals surface area contributed by atoms with Gasteiger partial charge in [0.05, 0.1) is 43.0 Å². The number of nitrogens with zero attached hydrogens (tertiary/aromatic N) is 2. The number of hydrogen-bond acceptors (Lipinski definition) is 7. The molecule has 8 nitrogen and oxygen atoms in total. The lowest BCUT2D eigenvalue weighted by Gasteiger charge is -2.26. The largest absolute Gasteiger partial charge is 0.507 e. The van der Waals surface area contributed by atoms with Crippen LogP contribution in [0.25, 0.3) is 5.76 Å². The first-order valence-electron chi connectivity index (χ1n) is 12.4. The van der Waals surface area contributed by atoms with Crippen molar-refractivity contribution < 1.29 is 28.9 Å². The van der Waals surface area contributed by atoms with Crippen LogP contribution in [0.5, 0.6) is 17.2 Å². The number of methoxy groups -OCH3 is 2. The maximum absolute atomic E-state index is 13.5. The minimum absolute atomic E-state index is 0.0573. The molecule has 1 amide bonds. The van der Waals surface area contributed by atoms with Crippen molar-refractivity contribution in [2.24, 2.45) is 0 Å². The van der Waals surface area contributed by atoms with Crippen molar-refractivity contribution in [3.05, 3.63) is 87.9 Å². The van der Waals surface area contributed by atoms with Crippen molar-refractivity contribution in [1.82, 2.24) is 4.90 Å². The van der Waals surface area contributed by atoms with Crippen molar-refractivity contribution in [3.8, 4) is 17.2 Å².